The maximum absolute atomic E-state index is 12.3. The van der Waals surface area contributed by atoms with Crippen LogP contribution in [0.2, 0.25) is 0 Å². The van der Waals surface area contributed by atoms with E-state index >= 15 is 0 Å². The van der Waals surface area contributed by atoms with Crippen LogP contribution in [0.15, 0.2) is 45.8 Å². The van der Waals surface area contributed by atoms with Crippen LogP contribution in [0.25, 0.3) is 17.0 Å². The summed E-state index contributed by atoms with van der Waals surface area (Å²) in [7, 11) is 0. The molecular weight excluding hydrogens is 422 g/mol. The lowest BCUT2D eigenvalue weighted by molar-refractivity contribution is -0.0498. The average molecular weight is 442 g/mol. The zero-order valence-corrected chi connectivity index (χ0v) is 16.9. The van der Waals surface area contributed by atoms with Crippen LogP contribution in [-0.4, -0.2) is 44.4 Å². The van der Waals surface area contributed by atoms with E-state index in [1.54, 1.807) is 28.9 Å². The number of H-pyrrole nitrogens is 1. The minimum atomic E-state index is -2.87. The fourth-order valence-electron chi connectivity index (χ4n) is 3.98. The molecule has 3 aromatic heterocycles. The van der Waals surface area contributed by atoms with Gasteiger partial charge in [-0.25, -0.2) is 4.52 Å². The predicted molar refractivity (Wildman–Crippen MR) is 110 cm³/mol. The van der Waals surface area contributed by atoms with Gasteiger partial charge < -0.3 is 19.6 Å². The SMILES string of the molecule is O=c1cc(C2CCNCC2)n2ncc(-c3noc(Cc4ccc(OC(F)F)cc4)n3)c2[nH]1. The highest BCUT2D eigenvalue weighted by molar-refractivity contribution is 5.71. The Bertz CT molecular complexity index is 1270. The van der Waals surface area contributed by atoms with Crippen molar-refractivity contribution in [1.29, 1.82) is 0 Å². The highest BCUT2D eigenvalue weighted by atomic mass is 19.3. The molecule has 9 nitrogen and oxygen atoms in total. The minimum absolute atomic E-state index is 0.0785. The molecule has 0 aliphatic carbocycles. The summed E-state index contributed by atoms with van der Waals surface area (Å²) < 4.78 is 36.0. The number of hydrogen-bond donors (Lipinski definition) is 2. The predicted octanol–water partition coefficient (Wildman–Crippen LogP) is 2.73. The highest BCUT2D eigenvalue weighted by Gasteiger charge is 2.22. The fraction of sp³-hybridized carbons (Fsp3) is 0.333. The average Bonchev–Trinajstić information content (AvgIpc) is 3.41. The zero-order valence-electron chi connectivity index (χ0n) is 16.9. The van der Waals surface area contributed by atoms with Crippen LogP contribution >= 0.6 is 0 Å². The van der Waals surface area contributed by atoms with Gasteiger partial charge in [-0.15, -0.1) is 0 Å². The molecule has 166 valence electrons. The highest BCUT2D eigenvalue weighted by Crippen LogP contribution is 2.27. The first-order valence-corrected chi connectivity index (χ1v) is 10.3. The Labute approximate surface area is 180 Å². The maximum atomic E-state index is 12.3. The molecule has 1 saturated heterocycles. The quantitative estimate of drug-likeness (QED) is 0.472. The Balaban J connectivity index is 1.41. The van der Waals surface area contributed by atoms with E-state index in [0.717, 1.165) is 37.2 Å². The van der Waals surface area contributed by atoms with Gasteiger partial charge in [0, 0.05) is 12.0 Å². The molecule has 1 fully saturated rings. The number of benzene rings is 1. The second kappa shape index (κ2) is 8.50. The number of aromatic nitrogens is 5. The number of hydrogen-bond acceptors (Lipinski definition) is 7. The Hall–Kier alpha value is -3.60. The lowest BCUT2D eigenvalue weighted by Gasteiger charge is -2.23. The lowest BCUT2D eigenvalue weighted by Crippen LogP contribution is -2.28. The smallest absolute Gasteiger partial charge is 0.387 e. The van der Waals surface area contributed by atoms with Crippen molar-refractivity contribution >= 4 is 5.65 Å². The van der Waals surface area contributed by atoms with E-state index in [1.807, 2.05) is 0 Å². The van der Waals surface area contributed by atoms with Crippen LogP contribution < -0.4 is 15.6 Å². The molecule has 0 saturated carbocycles. The molecule has 0 spiro atoms. The van der Waals surface area contributed by atoms with E-state index in [2.05, 4.69) is 30.3 Å². The Morgan fingerprint density at radius 1 is 1.22 bits per heavy atom. The standard InChI is InChI=1S/C21H20F2N6O3/c22-21(23)31-14-3-1-12(2-4-14)9-18-27-19(28-32-18)15-11-25-29-16(10-17(30)26-20(15)29)13-5-7-24-8-6-13/h1-4,10-11,13,21,24H,5-9H2,(H,26,30). The number of piperidine rings is 1. The van der Waals surface area contributed by atoms with Gasteiger partial charge in [-0.2, -0.15) is 18.9 Å². The molecule has 4 heterocycles. The van der Waals surface area contributed by atoms with Gasteiger partial charge >= 0.3 is 6.61 Å². The molecule has 1 aliphatic heterocycles. The minimum Gasteiger partial charge on any atom is -0.435 e. The number of ether oxygens (including phenoxy) is 1. The zero-order chi connectivity index (χ0) is 22.1. The van der Waals surface area contributed by atoms with Gasteiger partial charge in [-0.1, -0.05) is 17.3 Å². The monoisotopic (exact) mass is 442 g/mol. The van der Waals surface area contributed by atoms with Gasteiger partial charge in [0.2, 0.25) is 11.7 Å². The Morgan fingerprint density at radius 3 is 2.75 bits per heavy atom. The van der Waals surface area contributed by atoms with Gasteiger partial charge in [-0.3, -0.25) is 4.79 Å². The number of rotatable bonds is 6. The molecule has 32 heavy (non-hydrogen) atoms. The van der Waals surface area contributed by atoms with Crippen LogP contribution in [0.1, 0.15) is 35.9 Å². The number of aromatic amines is 1. The van der Waals surface area contributed by atoms with Gasteiger partial charge in [0.1, 0.15) is 11.4 Å². The third-order valence-corrected chi connectivity index (χ3v) is 5.50. The molecule has 5 rings (SSSR count). The van der Waals surface area contributed by atoms with Gasteiger partial charge in [0.05, 0.1) is 23.9 Å². The van der Waals surface area contributed by atoms with Crippen molar-refractivity contribution in [3.05, 3.63) is 64.0 Å². The molecule has 0 amide bonds. The molecule has 11 heteroatoms. The van der Waals surface area contributed by atoms with Gasteiger partial charge in [-0.05, 0) is 43.6 Å². The van der Waals surface area contributed by atoms with Gasteiger partial charge in [0.25, 0.3) is 5.56 Å². The van der Waals surface area contributed by atoms with Crippen LogP contribution in [-0.2, 0) is 6.42 Å². The largest absolute Gasteiger partial charge is 0.435 e. The van der Waals surface area contributed by atoms with E-state index in [9.17, 15) is 13.6 Å². The number of nitrogens with one attached hydrogen (secondary N) is 2. The van der Waals surface area contributed by atoms with Crippen molar-refractivity contribution in [2.45, 2.75) is 31.8 Å². The summed E-state index contributed by atoms with van der Waals surface area (Å²) >= 11 is 0. The van der Waals surface area contributed by atoms with Gasteiger partial charge in [0.15, 0.2) is 0 Å². The molecular formula is C21H20F2N6O3. The Morgan fingerprint density at radius 2 is 2.00 bits per heavy atom. The summed E-state index contributed by atoms with van der Waals surface area (Å²) in [6.45, 7) is -1.07. The summed E-state index contributed by atoms with van der Waals surface area (Å²) in [5, 5.41) is 11.8. The molecule has 1 aliphatic rings. The summed E-state index contributed by atoms with van der Waals surface area (Å²) in [6, 6.07) is 7.82. The number of alkyl halides is 2. The normalized spacial score (nSPS) is 15.0. The van der Waals surface area contributed by atoms with Crippen molar-refractivity contribution in [1.82, 2.24) is 30.1 Å². The third kappa shape index (κ3) is 4.11. The van der Waals surface area contributed by atoms with Crippen molar-refractivity contribution in [2.75, 3.05) is 13.1 Å². The maximum Gasteiger partial charge on any atom is 0.387 e. The second-order valence-electron chi connectivity index (χ2n) is 7.61. The van der Waals surface area contributed by atoms with Crippen molar-refractivity contribution in [3.63, 3.8) is 0 Å². The first-order valence-electron chi connectivity index (χ1n) is 10.3. The molecule has 0 bridgehead atoms. The molecule has 0 atom stereocenters. The third-order valence-electron chi connectivity index (χ3n) is 5.50. The lowest BCUT2D eigenvalue weighted by atomic mass is 9.94. The number of fused-ring (bicyclic) bond motifs is 1. The molecule has 4 aromatic rings. The summed E-state index contributed by atoms with van der Waals surface area (Å²) in [6.07, 6.45) is 3.79. The molecule has 1 aromatic carbocycles. The van der Waals surface area contributed by atoms with Crippen LogP contribution in [0.4, 0.5) is 8.78 Å². The van der Waals surface area contributed by atoms with E-state index < -0.39 is 6.61 Å². The molecule has 2 N–H and O–H groups in total. The van der Waals surface area contributed by atoms with Crippen molar-refractivity contribution < 1.29 is 18.0 Å². The summed E-state index contributed by atoms with van der Waals surface area (Å²) in [4.78, 5) is 19.6. The van der Waals surface area contributed by atoms with Crippen LogP contribution in [0.3, 0.4) is 0 Å². The first-order chi connectivity index (χ1) is 15.6. The van der Waals surface area contributed by atoms with Crippen molar-refractivity contribution in [3.8, 4) is 17.1 Å². The van der Waals surface area contributed by atoms with E-state index in [-0.39, 0.29) is 17.2 Å². The fourth-order valence-corrected chi connectivity index (χ4v) is 3.98. The van der Waals surface area contributed by atoms with Crippen LogP contribution in [0.5, 0.6) is 5.75 Å². The number of halogens is 2. The Kier molecular flexibility index (Phi) is 5.39. The summed E-state index contributed by atoms with van der Waals surface area (Å²) in [5.41, 5.74) is 2.54. The molecule has 0 unspecified atom stereocenters. The topological polar surface area (TPSA) is 110 Å². The molecule has 0 radical (unpaired) electrons. The van der Waals surface area contributed by atoms with E-state index in [1.165, 1.54) is 12.1 Å². The second-order valence-corrected chi connectivity index (χ2v) is 7.61. The van der Waals surface area contributed by atoms with E-state index in [4.69, 9.17) is 4.52 Å². The van der Waals surface area contributed by atoms with Crippen molar-refractivity contribution in [2.24, 2.45) is 0 Å². The van der Waals surface area contributed by atoms with Crippen LogP contribution in [0, 0.1) is 0 Å². The first kappa shape index (κ1) is 20.3. The van der Waals surface area contributed by atoms with E-state index in [0.29, 0.717) is 29.3 Å². The summed E-state index contributed by atoms with van der Waals surface area (Å²) in [5.74, 6) is 0.978. The number of nitrogens with zero attached hydrogens (tertiary/aromatic N) is 4.